The number of benzene rings is 2. The van der Waals surface area contributed by atoms with E-state index >= 15 is 0 Å². The topological polar surface area (TPSA) is 18.5 Å². The molecule has 2 nitrogen and oxygen atoms in total. The minimum atomic E-state index is 0.671. The van der Waals surface area contributed by atoms with Crippen LogP contribution in [0.4, 0.5) is 0 Å². The van der Waals surface area contributed by atoms with E-state index < -0.39 is 0 Å². The molecule has 0 saturated heterocycles. The Morgan fingerprint density at radius 1 is 0.889 bits per heavy atom. The summed E-state index contributed by atoms with van der Waals surface area (Å²) in [6.07, 6.45) is 0.907. The lowest BCUT2D eigenvalue weighted by Crippen LogP contribution is -1.99. The molecule has 0 spiro atoms. The van der Waals surface area contributed by atoms with Gasteiger partial charge >= 0.3 is 0 Å². The molecule has 18 heavy (non-hydrogen) atoms. The van der Waals surface area contributed by atoms with Crippen LogP contribution in [0.15, 0.2) is 54.6 Å². The van der Waals surface area contributed by atoms with E-state index in [-0.39, 0.29) is 0 Å². The van der Waals surface area contributed by atoms with Crippen LogP contribution in [-0.2, 0) is 17.8 Å². The molecule has 2 aromatic carbocycles. The van der Waals surface area contributed by atoms with E-state index in [1.807, 2.05) is 36.4 Å². The van der Waals surface area contributed by atoms with Gasteiger partial charge in [0, 0.05) is 0 Å². The van der Waals surface area contributed by atoms with Gasteiger partial charge in [0.2, 0.25) is 0 Å². The maximum Gasteiger partial charge on any atom is 0.119 e. The van der Waals surface area contributed by atoms with Gasteiger partial charge in [0.1, 0.15) is 5.75 Å². The van der Waals surface area contributed by atoms with Crippen molar-refractivity contribution in [3.8, 4) is 5.75 Å². The van der Waals surface area contributed by atoms with Crippen LogP contribution in [0.25, 0.3) is 0 Å². The summed E-state index contributed by atoms with van der Waals surface area (Å²) in [5.41, 5.74) is 2.45. The van der Waals surface area contributed by atoms with Gasteiger partial charge in [-0.15, -0.1) is 0 Å². The lowest BCUT2D eigenvalue weighted by Gasteiger charge is -2.06. The Morgan fingerprint density at radius 3 is 2.44 bits per heavy atom. The summed E-state index contributed by atoms with van der Waals surface area (Å²) in [6.45, 7) is 1.40. The van der Waals surface area contributed by atoms with Crippen LogP contribution in [0.5, 0.6) is 5.75 Å². The van der Waals surface area contributed by atoms with E-state index in [9.17, 15) is 0 Å². The fourth-order valence-corrected chi connectivity index (χ4v) is 1.78. The van der Waals surface area contributed by atoms with E-state index in [1.165, 1.54) is 11.1 Å². The van der Waals surface area contributed by atoms with Gasteiger partial charge in [0.25, 0.3) is 0 Å². The van der Waals surface area contributed by atoms with Crippen molar-refractivity contribution < 1.29 is 9.47 Å². The number of hydrogen-bond donors (Lipinski definition) is 0. The fourth-order valence-electron chi connectivity index (χ4n) is 1.78. The molecule has 0 heterocycles. The molecule has 2 aromatic rings. The van der Waals surface area contributed by atoms with Gasteiger partial charge in [0.15, 0.2) is 0 Å². The summed E-state index contributed by atoms with van der Waals surface area (Å²) < 4.78 is 10.8. The van der Waals surface area contributed by atoms with Gasteiger partial charge in [-0.05, 0) is 29.7 Å². The molecular weight excluding hydrogens is 224 g/mol. The normalized spacial score (nSPS) is 10.3. The summed E-state index contributed by atoms with van der Waals surface area (Å²) >= 11 is 0. The highest BCUT2D eigenvalue weighted by Crippen LogP contribution is 2.13. The quantitative estimate of drug-likeness (QED) is 0.722. The summed E-state index contributed by atoms with van der Waals surface area (Å²) in [7, 11) is 1.69. The second kappa shape index (κ2) is 6.82. The zero-order valence-corrected chi connectivity index (χ0v) is 10.6. The maximum absolute atomic E-state index is 5.66. The lowest BCUT2D eigenvalue weighted by atomic mass is 10.1. The molecule has 2 heteroatoms. The average molecular weight is 242 g/mol. The molecule has 0 aromatic heterocycles. The van der Waals surface area contributed by atoms with Crippen LogP contribution >= 0.6 is 0 Å². The second-order valence-corrected chi connectivity index (χ2v) is 4.14. The molecule has 0 unspecified atom stereocenters. The second-order valence-electron chi connectivity index (χ2n) is 4.14. The first kappa shape index (κ1) is 12.7. The van der Waals surface area contributed by atoms with Crippen molar-refractivity contribution in [1.82, 2.24) is 0 Å². The van der Waals surface area contributed by atoms with Gasteiger partial charge in [-0.1, -0.05) is 42.5 Å². The molecule has 0 bridgehead atoms. The Kier molecular flexibility index (Phi) is 4.79. The molecule has 0 aliphatic rings. The van der Waals surface area contributed by atoms with Gasteiger partial charge < -0.3 is 9.47 Å². The van der Waals surface area contributed by atoms with Gasteiger partial charge in [0.05, 0.1) is 20.3 Å². The molecule has 0 amide bonds. The van der Waals surface area contributed by atoms with E-state index in [1.54, 1.807) is 7.11 Å². The average Bonchev–Trinajstić information content (AvgIpc) is 2.45. The van der Waals surface area contributed by atoms with Gasteiger partial charge in [-0.25, -0.2) is 0 Å². The maximum atomic E-state index is 5.66. The Labute approximate surface area is 108 Å². The minimum absolute atomic E-state index is 0.671. The molecule has 0 N–H and O–H groups in total. The number of rotatable bonds is 6. The van der Waals surface area contributed by atoms with Crippen LogP contribution in [0.2, 0.25) is 0 Å². The predicted octanol–water partition coefficient (Wildman–Crippen LogP) is 3.45. The number of hydrogen-bond acceptors (Lipinski definition) is 2. The molecule has 0 radical (unpaired) electrons. The molecule has 0 atom stereocenters. The van der Waals surface area contributed by atoms with E-state index in [2.05, 4.69) is 18.2 Å². The van der Waals surface area contributed by atoms with Gasteiger partial charge in [-0.3, -0.25) is 0 Å². The standard InChI is InChI=1S/C16H18O2/c1-17-16-9-5-8-14(12-16)10-11-18-13-15-6-3-2-4-7-15/h2-9,12H,10-11,13H2,1H3. The Bertz CT molecular complexity index is 466. The zero-order chi connectivity index (χ0) is 12.6. The molecule has 0 aliphatic heterocycles. The molecule has 2 rings (SSSR count). The van der Waals surface area contributed by atoms with Crippen LogP contribution in [0.1, 0.15) is 11.1 Å². The third-order valence-electron chi connectivity index (χ3n) is 2.78. The smallest absolute Gasteiger partial charge is 0.119 e. The van der Waals surface area contributed by atoms with Crippen molar-refractivity contribution in [2.24, 2.45) is 0 Å². The Hall–Kier alpha value is -1.80. The van der Waals surface area contributed by atoms with Crippen molar-refractivity contribution in [3.63, 3.8) is 0 Å². The first-order valence-corrected chi connectivity index (χ1v) is 6.13. The molecular formula is C16H18O2. The number of ether oxygens (including phenoxy) is 2. The number of methoxy groups -OCH3 is 1. The highest BCUT2D eigenvalue weighted by Gasteiger charge is 1.97. The van der Waals surface area contributed by atoms with Gasteiger partial charge in [-0.2, -0.15) is 0 Å². The SMILES string of the molecule is COc1cccc(CCOCc2ccccc2)c1. The zero-order valence-electron chi connectivity index (χ0n) is 10.6. The molecule has 94 valence electrons. The third kappa shape index (κ3) is 3.90. The first-order chi connectivity index (χ1) is 8.88. The Morgan fingerprint density at radius 2 is 1.67 bits per heavy atom. The molecule has 0 aliphatic carbocycles. The van der Waals surface area contributed by atoms with Crippen LogP contribution in [-0.4, -0.2) is 13.7 Å². The van der Waals surface area contributed by atoms with Crippen molar-refractivity contribution in [3.05, 3.63) is 65.7 Å². The van der Waals surface area contributed by atoms with Crippen molar-refractivity contribution in [2.75, 3.05) is 13.7 Å². The van der Waals surface area contributed by atoms with Crippen molar-refractivity contribution >= 4 is 0 Å². The summed E-state index contributed by atoms with van der Waals surface area (Å²) in [5, 5.41) is 0. The lowest BCUT2D eigenvalue weighted by molar-refractivity contribution is 0.124. The molecule has 0 saturated carbocycles. The van der Waals surface area contributed by atoms with E-state index in [0.717, 1.165) is 18.8 Å². The summed E-state index contributed by atoms with van der Waals surface area (Å²) in [5.74, 6) is 0.899. The minimum Gasteiger partial charge on any atom is -0.497 e. The van der Waals surface area contributed by atoms with E-state index in [0.29, 0.717) is 6.61 Å². The van der Waals surface area contributed by atoms with Crippen LogP contribution < -0.4 is 4.74 Å². The van der Waals surface area contributed by atoms with Crippen LogP contribution in [0.3, 0.4) is 0 Å². The fraction of sp³-hybridized carbons (Fsp3) is 0.250. The third-order valence-corrected chi connectivity index (χ3v) is 2.78. The summed E-state index contributed by atoms with van der Waals surface area (Å²) in [6, 6.07) is 18.3. The predicted molar refractivity (Wildman–Crippen MR) is 72.8 cm³/mol. The van der Waals surface area contributed by atoms with Crippen molar-refractivity contribution in [2.45, 2.75) is 13.0 Å². The largest absolute Gasteiger partial charge is 0.497 e. The van der Waals surface area contributed by atoms with Crippen LogP contribution in [0, 0.1) is 0 Å². The first-order valence-electron chi connectivity index (χ1n) is 6.13. The highest BCUT2D eigenvalue weighted by atomic mass is 16.5. The monoisotopic (exact) mass is 242 g/mol. The molecule has 0 fully saturated rings. The van der Waals surface area contributed by atoms with Crippen molar-refractivity contribution in [1.29, 1.82) is 0 Å². The van der Waals surface area contributed by atoms with E-state index in [4.69, 9.17) is 9.47 Å². The highest BCUT2D eigenvalue weighted by molar-refractivity contribution is 5.28. The summed E-state index contributed by atoms with van der Waals surface area (Å²) in [4.78, 5) is 0. The Balaban J connectivity index is 1.75.